The zero-order valence-corrected chi connectivity index (χ0v) is 8.42. The first-order chi connectivity index (χ1) is 6.65. The molecule has 0 saturated heterocycles. The predicted octanol–water partition coefficient (Wildman–Crippen LogP) is 1.52. The van der Waals surface area contributed by atoms with Crippen molar-refractivity contribution in [2.45, 2.75) is 13.8 Å². The molecule has 1 aromatic carbocycles. The minimum absolute atomic E-state index is 0.580. The van der Waals surface area contributed by atoms with E-state index in [-0.39, 0.29) is 0 Å². The summed E-state index contributed by atoms with van der Waals surface area (Å²) in [6.07, 6.45) is 0.580. The maximum absolute atomic E-state index is 10.1. The lowest BCUT2D eigenvalue weighted by Crippen LogP contribution is -2.28. The van der Waals surface area contributed by atoms with Gasteiger partial charge < -0.3 is 0 Å². The first-order valence-corrected chi connectivity index (χ1v) is 4.37. The van der Waals surface area contributed by atoms with Gasteiger partial charge in [-0.05, 0) is 25.5 Å². The number of nitrogens with one attached hydrogen (secondary N) is 2. The third-order valence-electron chi connectivity index (χ3n) is 2.00. The first-order valence-electron chi connectivity index (χ1n) is 4.37. The Morgan fingerprint density at radius 3 is 2.79 bits per heavy atom. The van der Waals surface area contributed by atoms with E-state index in [0.717, 1.165) is 11.1 Å². The molecule has 0 aliphatic rings. The summed E-state index contributed by atoms with van der Waals surface area (Å²) in [5.74, 6) is 0. The van der Waals surface area contributed by atoms with Gasteiger partial charge in [-0.1, -0.05) is 24.3 Å². The highest BCUT2D eigenvalue weighted by Gasteiger charge is 2.01. The molecule has 14 heavy (non-hydrogen) atoms. The average molecular weight is 190 g/mol. The zero-order valence-electron chi connectivity index (χ0n) is 8.42. The summed E-state index contributed by atoms with van der Waals surface area (Å²) in [5, 5.41) is 0. The Labute approximate surface area is 83.8 Å². The van der Waals surface area contributed by atoms with E-state index in [4.69, 9.17) is 0 Å². The second kappa shape index (κ2) is 4.46. The van der Waals surface area contributed by atoms with Crippen LogP contribution >= 0.6 is 0 Å². The molecule has 0 spiro atoms. The SMILES string of the molecule is C=C(NNC=O)c1cc(C)ccc1C. The Hall–Kier alpha value is -1.77. The van der Waals surface area contributed by atoms with Crippen LogP contribution in [0.25, 0.3) is 5.70 Å². The molecule has 0 fully saturated rings. The highest BCUT2D eigenvalue weighted by atomic mass is 16.1. The molecule has 3 nitrogen and oxygen atoms in total. The molecule has 1 amide bonds. The third-order valence-corrected chi connectivity index (χ3v) is 2.00. The molecule has 0 saturated carbocycles. The van der Waals surface area contributed by atoms with Gasteiger partial charge in [0.2, 0.25) is 6.41 Å². The normalized spacial score (nSPS) is 9.29. The fourth-order valence-corrected chi connectivity index (χ4v) is 1.24. The molecule has 0 aliphatic carbocycles. The van der Waals surface area contributed by atoms with Crippen LogP contribution in [-0.2, 0) is 4.79 Å². The highest BCUT2D eigenvalue weighted by molar-refractivity contribution is 5.66. The van der Waals surface area contributed by atoms with Crippen LogP contribution in [0.5, 0.6) is 0 Å². The van der Waals surface area contributed by atoms with Gasteiger partial charge in [-0.25, -0.2) is 0 Å². The van der Waals surface area contributed by atoms with Gasteiger partial charge in [-0.3, -0.25) is 15.6 Å². The Morgan fingerprint density at radius 1 is 1.43 bits per heavy atom. The topological polar surface area (TPSA) is 41.1 Å². The molecule has 2 N–H and O–H groups in total. The molecule has 3 heteroatoms. The number of aryl methyl sites for hydroxylation is 2. The standard InChI is InChI=1S/C11H14N2O/c1-8-4-5-9(2)11(6-8)10(3)13-12-7-14/h4-7,13H,3H2,1-2H3,(H,12,14). The van der Waals surface area contributed by atoms with Gasteiger partial charge in [0.1, 0.15) is 0 Å². The fourth-order valence-electron chi connectivity index (χ4n) is 1.24. The number of carbonyl (C=O) groups is 1. The highest BCUT2D eigenvalue weighted by Crippen LogP contribution is 2.16. The second-order valence-corrected chi connectivity index (χ2v) is 3.18. The van der Waals surface area contributed by atoms with Crippen molar-refractivity contribution in [3.05, 3.63) is 41.5 Å². The van der Waals surface area contributed by atoms with Crippen molar-refractivity contribution >= 4 is 12.1 Å². The molecule has 1 aromatic rings. The quantitative estimate of drug-likeness (QED) is 0.558. The maximum Gasteiger partial charge on any atom is 0.225 e. The number of carbonyl (C=O) groups excluding carboxylic acids is 1. The summed E-state index contributed by atoms with van der Waals surface area (Å²) in [5.41, 5.74) is 9.07. The van der Waals surface area contributed by atoms with Crippen LogP contribution in [0.4, 0.5) is 0 Å². The lowest BCUT2D eigenvalue weighted by Gasteiger charge is -2.11. The van der Waals surface area contributed by atoms with E-state index in [1.807, 2.05) is 32.0 Å². The molecular weight excluding hydrogens is 176 g/mol. The van der Waals surface area contributed by atoms with Gasteiger partial charge in [0.05, 0.1) is 5.70 Å². The number of hydrogen-bond donors (Lipinski definition) is 2. The van der Waals surface area contributed by atoms with Crippen molar-refractivity contribution in [3.63, 3.8) is 0 Å². The Kier molecular flexibility index (Phi) is 3.29. The molecule has 0 bridgehead atoms. The van der Waals surface area contributed by atoms with Crippen LogP contribution in [0.1, 0.15) is 16.7 Å². The number of rotatable bonds is 4. The molecule has 0 radical (unpaired) electrons. The van der Waals surface area contributed by atoms with Gasteiger partial charge in [-0.15, -0.1) is 0 Å². The molecule has 74 valence electrons. The van der Waals surface area contributed by atoms with Gasteiger partial charge in [0.25, 0.3) is 0 Å². The van der Waals surface area contributed by atoms with Crippen molar-refractivity contribution in [3.8, 4) is 0 Å². The number of benzene rings is 1. The van der Waals surface area contributed by atoms with Gasteiger partial charge >= 0.3 is 0 Å². The van der Waals surface area contributed by atoms with Gasteiger partial charge in [0.15, 0.2) is 0 Å². The average Bonchev–Trinajstić information content (AvgIpc) is 2.18. The molecule has 0 aliphatic heterocycles. The smallest absolute Gasteiger partial charge is 0.225 e. The minimum atomic E-state index is 0.580. The van der Waals surface area contributed by atoms with E-state index in [1.54, 1.807) is 0 Å². The van der Waals surface area contributed by atoms with Gasteiger partial charge in [-0.2, -0.15) is 0 Å². The van der Waals surface area contributed by atoms with E-state index in [2.05, 4.69) is 17.4 Å². The van der Waals surface area contributed by atoms with E-state index < -0.39 is 0 Å². The summed E-state index contributed by atoms with van der Waals surface area (Å²) >= 11 is 0. The lowest BCUT2D eigenvalue weighted by atomic mass is 10.0. The van der Waals surface area contributed by atoms with Crippen LogP contribution in [0.3, 0.4) is 0 Å². The van der Waals surface area contributed by atoms with Crippen molar-refractivity contribution in [2.24, 2.45) is 0 Å². The molecule has 1 rings (SSSR count). The first kappa shape index (κ1) is 10.3. The predicted molar refractivity (Wildman–Crippen MR) is 57.3 cm³/mol. The van der Waals surface area contributed by atoms with E-state index in [1.165, 1.54) is 5.56 Å². The lowest BCUT2D eigenvalue weighted by molar-refractivity contribution is -0.110. The van der Waals surface area contributed by atoms with Crippen LogP contribution in [0.2, 0.25) is 0 Å². The van der Waals surface area contributed by atoms with Crippen molar-refractivity contribution in [1.82, 2.24) is 10.9 Å². The van der Waals surface area contributed by atoms with Crippen LogP contribution in [0, 0.1) is 13.8 Å². The monoisotopic (exact) mass is 190 g/mol. The third kappa shape index (κ3) is 2.36. The number of amides is 1. The van der Waals surface area contributed by atoms with E-state index >= 15 is 0 Å². The largest absolute Gasteiger partial charge is 0.299 e. The Morgan fingerprint density at radius 2 is 2.14 bits per heavy atom. The second-order valence-electron chi connectivity index (χ2n) is 3.18. The van der Waals surface area contributed by atoms with Crippen molar-refractivity contribution in [2.75, 3.05) is 0 Å². The Bertz CT molecular complexity index is 358. The molecule has 0 heterocycles. The molecule has 0 unspecified atom stereocenters. The summed E-state index contributed by atoms with van der Waals surface area (Å²) in [7, 11) is 0. The molecular formula is C11H14N2O. The van der Waals surface area contributed by atoms with E-state index in [0.29, 0.717) is 12.1 Å². The van der Waals surface area contributed by atoms with Crippen LogP contribution in [0.15, 0.2) is 24.8 Å². The number of hydrogen-bond acceptors (Lipinski definition) is 2. The molecule has 0 aromatic heterocycles. The van der Waals surface area contributed by atoms with Crippen molar-refractivity contribution in [1.29, 1.82) is 0 Å². The van der Waals surface area contributed by atoms with Crippen LogP contribution in [-0.4, -0.2) is 6.41 Å². The summed E-state index contributed by atoms with van der Waals surface area (Å²) in [6, 6.07) is 6.09. The summed E-state index contributed by atoms with van der Waals surface area (Å²) in [6.45, 7) is 7.85. The minimum Gasteiger partial charge on any atom is -0.299 e. The van der Waals surface area contributed by atoms with Gasteiger partial charge in [0, 0.05) is 5.56 Å². The molecule has 0 atom stereocenters. The maximum atomic E-state index is 10.1. The fraction of sp³-hybridized carbons (Fsp3) is 0.182. The zero-order chi connectivity index (χ0) is 10.6. The van der Waals surface area contributed by atoms with E-state index in [9.17, 15) is 4.79 Å². The van der Waals surface area contributed by atoms with Crippen molar-refractivity contribution < 1.29 is 4.79 Å². The summed E-state index contributed by atoms with van der Waals surface area (Å²) in [4.78, 5) is 10.1. The van der Waals surface area contributed by atoms with Crippen LogP contribution < -0.4 is 10.9 Å². The summed E-state index contributed by atoms with van der Waals surface area (Å²) < 4.78 is 0. The Balaban J connectivity index is 2.88. The number of hydrazine groups is 1.